The smallest absolute Gasteiger partial charge is 0.308 e. The summed E-state index contributed by atoms with van der Waals surface area (Å²) in [5, 5.41) is 0. The first-order chi connectivity index (χ1) is 9.93. The number of halogens is 2. The van der Waals surface area contributed by atoms with Crippen molar-refractivity contribution < 1.29 is 23.1 Å². The van der Waals surface area contributed by atoms with Crippen molar-refractivity contribution in [2.75, 3.05) is 20.2 Å². The van der Waals surface area contributed by atoms with Crippen LogP contribution in [0.3, 0.4) is 0 Å². The third-order valence-corrected chi connectivity index (χ3v) is 3.80. The molecule has 0 aromatic heterocycles. The van der Waals surface area contributed by atoms with Gasteiger partial charge in [0.2, 0.25) is 0 Å². The van der Waals surface area contributed by atoms with Gasteiger partial charge in [0, 0.05) is 19.2 Å². The topological polar surface area (TPSA) is 46.6 Å². The Morgan fingerprint density at radius 1 is 1.19 bits per heavy atom. The predicted octanol–water partition coefficient (Wildman–Crippen LogP) is 2.30. The van der Waals surface area contributed by atoms with E-state index in [4.69, 9.17) is 0 Å². The van der Waals surface area contributed by atoms with Crippen LogP contribution in [0.25, 0.3) is 0 Å². The van der Waals surface area contributed by atoms with Gasteiger partial charge in [-0.05, 0) is 31.4 Å². The molecule has 0 atom stereocenters. The van der Waals surface area contributed by atoms with E-state index in [1.54, 1.807) is 0 Å². The number of ether oxygens (including phenoxy) is 1. The number of rotatable bonds is 2. The van der Waals surface area contributed by atoms with Crippen LogP contribution in [-0.2, 0) is 9.53 Å². The van der Waals surface area contributed by atoms with Crippen LogP contribution >= 0.6 is 0 Å². The molecule has 0 radical (unpaired) electrons. The van der Waals surface area contributed by atoms with Gasteiger partial charge in [0.25, 0.3) is 5.91 Å². The monoisotopic (exact) mass is 297 g/mol. The van der Waals surface area contributed by atoms with Crippen molar-refractivity contribution in [2.45, 2.75) is 19.8 Å². The molecule has 1 saturated heterocycles. The molecular weight excluding hydrogens is 280 g/mol. The van der Waals surface area contributed by atoms with E-state index in [0.29, 0.717) is 25.9 Å². The van der Waals surface area contributed by atoms with Gasteiger partial charge in [-0.1, -0.05) is 0 Å². The minimum absolute atomic E-state index is 0.134. The first kappa shape index (κ1) is 15.4. The normalized spacial score (nSPS) is 15.9. The van der Waals surface area contributed by atoms with Gasteiger partial charge in [0.05, 0.1) is 18.6 Å². The predicted molar refractivity (Wildman–Crippen MR) is 71.7 cm³/mol. The number of aryl methyl sites for hydroxylation is 1. The lowest BCUT2D eigenvalue weighted by atomic mass is 9.96. The van der Waals surface area contributed by atoms with Crippen molar-refractivity contribution in [2.24, 2.45) is 5.92 Å². The molecule has 0 saturated carbocycles. The highest BCUT2D eigenvalue weighted by molar-refractivity contribution is 5.94. The Labute approximate surface area is 121 Å². The third kappa shape index (κ3) is 3.20. The average Bonchev–Trinajstić information content (AvgIpc) is 2.49. The molecule has 0 bridgehead atoms. The molecule has 0 aliphatic carbocycles. The molecular formula is C15H17F2NO3. The number of methoxy groups -OCH3 is 1. The second kappa shape index (κ2) is 6.20. The highest BCUT2D eigenvalue weighted by Crippen LogP contribution is 2.22. The molecule has 1 aromatic rings. The van der Waals surface area contributed by atoms with Crippen LogP contribution in [0.2, 0.25) is 0 Å². The van der Waals surface area contributed by atoms with Crippen LogP contribution in [-0.4, -0.2) is 37.0 Å². The number of amides is 1. The molecule has 21 heavy (non-hydrogen) atoms. The molecule has 0 spiro atoms. The fourth-order valence-electron chi connectivity index (χ4n) is 2.48. The van der Waals surface area contributed by atoms with Gasteiger partial charge in [-0.3, -0.25) is 9.59 Å². The van der Waals surface area contributed by atoms with Gasteiger partial charge in [-0.25, -0.2) is 8.78 Å². The van der Waals surface area contributed by atoms with Crippen molar-refractivity contribution in [3.05, 3.63) is 34.9 Å². The lowest BCUT2D eigenvalue weighted by Crippen LogP contribution is -2.40. The minimum Gasteiger partial charge on any atom is -0.469 e. The Hall–Kier alpha value is -1.98. The summed E-state index contributed by atoms with van der Waals surface area (Å²) in [6.07, 6.45) is 0.973. The van der Waals surface area contributed by atoms with Crippen molar-refractivity contribution in [1.82, 2.24) is 4.90 Å². The number of hydrogen-bond donors (Lipinski definition) is 0. The number of likely N-dealkylation sites (tertiary alicyclic amines) is 1. The summed E-state index contributed by atoms with van der Waals surface area (Å²) in [5.41, 5.74) is 0.0922. The number of carbonyl (C=O) groups excluding carboxylic acids is 2. The summed E-state index contributed by atoms with van der Waals surface area (Å²) in [6, 6.07) is 1.95. The van der Waals surface area contributed by atoms with Gasteiger partial charge >= 0.3 is 5.97 Å². The summed E-state index contributed by atoms with van der Waals surface area (Å²) >= 11 is 0. The van der Waals surface area contributed by atoms with Crippen LogP contribution in [0.4, 0.5) is 8.78 Å². The number of piperidine rings is 1. The molecule has 1 amide bonds. The maximum absolute atomic E-state index is 13.7. The molecule has 0 unspecified atom stereocenters. The highest BCUT2D eigenvalue weighted by atomic mass is 19.1. The van der Waals surface area contributed by atoms with Gasteiger partial charge in [0.1, 0.15) is 11.6 Å². The summed E-state index contributed by atoms with van der Waals surface area (Å²) in [5.74, 6) is -2.52. The van der Waals surface area contributed by atoms with Crippen LogP contribution in [0.5, 0.6) is 0 Å². The van der Waals surface area contributed by atoms with Crippen molar-refractivity contribution in [3.8, 4) is 0 Å². The second-order valence-electron chi connectivity index (χ2n) is 5.17. The standard InChI is InChI=1S/C15H17F2NO3/c1-9-7-11(13(17)8-12(9)16)14(19)18-5-3-10(4-6-18)15(20)21-2/h7-8,10H,3-6H2,1-2H3. The molecule has 6 heteroatoms. The number of carbonyl (C=O) groups is 2. The number of hydrogen-bond acceptors (Lipinski definition) is 3. The number of nitrogens with zero attached hydrogens (tertiary/aromatic N) is 1. The lowest BCUT2D eigenvalue weighted by molar-refractivity contribution is -0.146. The van der Waals surface area contributed by atoms with Crippen LogP contribution in [0.15, 0.2) is 12.1 Å². The summed E-state index contributed by atoms with van der Waals surface area (Å²) in [7, 11) is 1.33. The number of esters is 1. The fourth-order valence-corrected chi connectivity index (χ4v) is 2.48. The number of benzene rings is 1. The van der Waals surface area contributed by atoms with E-state index in [9.17, 15) is 18.4 Å². The van der Waals surface area contributed by atoms with E-state index in [0.717, 1.165) is 6.07 Å². The Balaban J connectivity index is 2.09. The van der Waals surface area contributed by atoms with Crippen LogP contribution < -0.4 is 0 Å². The van der Waals surface area contributed by atoms with E-state index < -0.39 is 17.5 Å². The minimum atomic E-state index is -0.863. The molecule has 2 rings (SSSR count). The molecule has 4 nitrogen and oxygen atoms in total. The molecule has 1 aliphatic heterocycles. The summed E-state index contributed by atoms with van der Waals surface area (Å²) in [6.45, 7) is 2.19. The largest absolute Gasteiger partial charge is 0.469 e. The molecule has 1 fully saturated rings. The first-order valence-corrected chi connectivity index (χ1v) is 6.76. The van der Waals surface area contributed by atoms with Crippen LogP contribution in [0, 0.1) is 24.5 Å². The first-order valence-electron chi connectivity index (χ1n) is 6.76. The van der Waals surface area contributed by atoms with Crippen molar-refractivity contribution in [1.29, 1.82) is 0 Å². The second-order valence-corrected chi connectivity index (χ2v) is 5.17. The highest BCUT2D eigenvalue weighted by Gasteiger charge is 2.29. The van der Waals surface area contributed by atoms with Crippen LogP contribution in [0.1, 0.15) is 28.8 Å². The van der Waals surface area contributed by atoms with E-state index in [1.807, 2.05) is 0 Å². The molecule has 1 aromatic carbocycles. The quantitative estimate of drug-likeness (QED) is 0.787. The maximum Gasteiger partial charge on any atom is 0.308 e. The van der Waals surface area contributed by atoms with Crippen molar-refractivity contribution >= 4 is 11.9 Å². The molecule has 0 N–H and O–H groups in total. The van der Waals surface area contributed by atoms with Gasteiger partial charge < -0.3 is 9.64 Å². The molecule has 1 aliphatic rings. The van der Waals surface area contributed by atoms with Crippen molar-refractivity contribution in [3.63, 3.8) is 0 Å². The summed E-state index contributed by atoms with van der Waals surface area (Å²) in [4.78, 5) is 25.2. The maximum atomic E-state index is 13.7. The molecule has 1 heterocycles. The van der Waals surface area contributed by atoms with E-state index in [2.05, 4.69) is 4.74 Å². The zero-order valence-corrected chi connectivity index (χ0v) is 12.0. The van der Waals surface area contributed by atoms with E-state index >= 15 is 0 Å². The lowest BCUT2D eigenvalue weighted by Gasteiger charge is -2.30. The Morgan fingerprint density at radius 3 is 2.38 bits per heavy atom. The zero-order valence-electron chi connectivity index (χ0n) is 12.0. The third-order valence-electron chi connectivity index (χ3n) is 3.80. The fraction of sp³-hybridized carbons (Fsp3) is 0.467. The molecule has 114 valence electrons. The zero-order chi connectivity index (χ0) is 15.6. The Bertz CT molecular complexity index is 566. The van der Waals surface area contributed by atoms with Gasteiger partial charge in [0.15, 0.2) is 0 Å². The van der Waals surface area contributed by atoms with E-state index in [-0.39, 0.29) is 23.0 Å². The van der Waals surface area contributed by atoms with E-state index in [1.165, 1.54) is 25.0 Å². The Morgan fingerprint density at radius 2 is 1.81 bits per heavy atom. The van der Waals surface area contributed by atoms with Gasteiger partial charge in [-0.15, -0.1) is 0 Å². The summed E-state index contributed by atoms with van der Waals surface area (Å²) < 4.78 is 31.6. The van der Waals surface area contributed by atoms with Gasteiger partial charge in [-0.2, -0.15) is 0 Å². The Kier molecular flexibility index (Phi) is 4.55. The SMILES string of the molecule is COC(=O)C1CCN(C(=O)c2cc(C)c(F)cc2F)CC1. The average molecular weight is 297 g/mol.